The second-order valence-electron chi connectivity index (χ2n) is 5.06. The SMILES string of the molecule is O=C(NC1(CBr)CCOCC1)c1cccc(C(F)(F)F)c1. The molecule has 0 radical (unpaired) electrons. The van der Waals surface area contributed by atoms with E-state index in [2.05, 4.69) is 21.2 Å². The first-order chi connectivity index (χ1) is 9.86. The van der Waals surface area contributed by atoms with Crippen molar-refractivity contribution in [2.45, 2.75) is 24.6 Å². The van der Waals surface area contributed by atoms with Gasteiger partial charge in [-0.2, -0.15) is 13.2 Å². The van der Waals surface area contributed by atoms with Crippen LogP contribution in [0.3, 0.4) is 0 Å². The lowest BCUT2D eigenvalue weighted by Gasteiger charge is -2.36. The Hall–Kier alpha value is -1.08. The molecule has 0 atom stereocenters. The van der Waals surface area contributed by atoms with Crippen LogP contribution in [0.1, 0.15) is 28.8 Å². The molecule has 1 saturated heterocycles. The second-order valence-corrected chi connectivity index (χ2v) is 5.62. The fourth-order valence-corrected chi connectivity index (χ4v) is 2.90. The van der Waals surface area contributed by atoms with Crippen molar-refractivity contribution in [1.82, 2.24) is 5.32 Å². The highest BCUT2D eigenvalue weighted by molar-refractivity contribution is 9.09. The lowest BCUT2D eigenvalue weighted by Crippen LogP contribution is -2.53. The van der Waals surface area contributed by atoms with E-state index in [9.17, 15) is 18.0 Å². The molecule has 0 spiro atoms. The van der Waals surface area contributed by atoms with Crippen LogP contribution in [0.5, 0.6) is 0 Å². The van der Waals surface area contributed by atoms with Gasteiger partial charge in [-0.3, -0.25) is 4.79 Å². The number of nitrogens with one attached hydrogen (secondary N) is 1. The molecule has 3 nitrogen and oxygen atoms in total. The summed E-state index contributed by atoms with van der Waals surface area (Å²) in [6.45, 7) is 1.04. The van der Waals surface area contributed by atoms with Crippen LogP contribution < -0.4 is 5.32 Å². The number of hydrogen-bond acceptors (Lipinski definition) is 2. The van der Waals surface area contributed by atoms with Crippen LogP contribution in [-0.2, 0) is 10.9 Å². The van der Waals surface area contributed by atoms with Crippen LogP contribution in [0.2, 0.25) is 0 Å². The molecule has 0 unspecified atom stereocenters. The van der Waals surface area contributed by atoms with Gasteiger partial charge in [0.25, 0.3) is 5.91 Å². The number of benzene rings is 1. The monoisotopic (exact) mass is 365 g/mol. The normalized spacial score (nSPS) is 18.3. The Bertz CT molecular complexity index is 513. The van der Waals surface area contributed by atoms with Crippen LogP contribution in [0.4, 0.5) is 13.2 Å². The molecule has 1 aromatic carbocycles. The Morgan fingerprint density at radius 3 is 2.57 bits per heavy atom. The molecule has 0 aromatic heterocycles. The van der Waals surface area contributed by atoms with Crippen LogP contribution in [0.15, 0.2) is 24.3 Å². The number of carbonyl (C=O) groups is 1. The minimum Gasteiger partial charge on any atom is -0.381 e. The lowest BCUT2D eigenvalue weighted by molar-refractivity contribution is -0.137. The number of halogens is 4. The Labute approximate surface area is 129 Å². The highest BCUT2D eigenvalue weighted by atomic mass is 79.9. The highest BCUT2D eigenvalue weighted by Crippen LogP contribution is 2.30. The average molecular weight is 366 g/mol. The molecule has 0 bridgehead atoms. The number of alkyl halides is 4. The summed E-state index contributed by atoms with van der Waals surface area (Å²) in [6, 6.07) is 4.44. The van der Waals surface area contributed by atoms with Gasteiger partial charge in [-0.15, -0.1) is 0 Å². The van der Waals surface area contributed by atoms with Crippen LogP contribution in [0.25, 0.3) is 0 Å². The molecule has 1 N–H and O–H groups in total. The molecule has 21 heavy (non-hydrogen) atoms. The van der Waals surface area contributed by atoms with E-state index in [0.717, 1.165) is 12.1 Å². The van der Waals surface area contributed by atoms with Gasteiger partial charge in [0.05, 0.1) is 11.1 Å². The first kappa shape index (κ1) is 16.3. The summed E-state index contributed by atoms with van der Waals surface area (Å²) in [7, 11) is 0. The third-order valence-corrected chi connectivity index (χ3v) is 4.61. The topological polar surface area (TPSA) is 38.3 Å². The van der Waals surface area contributed by atoms with Gasteiger partial charge < -0.3 is 10.1 Å². The fourth-order valence-electron chi connectivity index (χ4n) is 2.20. The molecule has 1 aliphatic rings. The maximum atomic E-state index is 12.7. The van der Waals surface area contributed by atoms with Crippen molar-refractivity contribution < 1.29 is 22.7 Å². The first-order valence-corrected chi connectivity index (χ1v) is 7.62. The van der Waals surface area contributed by atoms with E-state index in [0.29, 0.717) is 31.4 Å². The van der Waals surface area contributed by atoms with E-state index in [-0.39, 0.29) is 5.56 Å². The summed E-state index contributed by atoms with van der Waals surface area (Å²) in [6.07, 6.45) is -3.20. The number of carbonyl (C=O) groups excluding carboxylic acids is 1. The van der Waals surface area contributed by atoms with Gasteiger partial charge in [0.1, 0.15) is 0 Å². The molecule has 1 heterocycles. The van der Waals surface area contributed by atoms with Gasteiger partial charge in [0, 0.05) is 24.1 Å². The average Bonchev–Trinajstić information content (AvgIpc) is 2.47. The van der Waals surface area contributed by atoms with Crippen molar-refractivity contribution in [2.24, 2.45) is 0 Å². The lowest BCUT2D eigenvalue weighted by atomic mass is 9.92. The molecular formula is C14H15BrF3NO2. The van der Waals surface area contributed by atoms with E-state index >= 15 is 0 Å². The maximum absolute atomic E-state index is 12.7. The van der Waals surface area contributed by atoms with Crippen molar-refractivity contribution in [1.29, 1.82) is 0 Å². The summed E-state index contributed by atoms with van der Waals surface area (Å²) < 4.78 is 43.3. The first-order valence-electron chi connectivity index (χ1n) is 6.50. The molecule has 0 saturated carbocycles. The molecule has 1 aliphatic heterocycles. The summed E-state index contributed by atoms with van der Waals surface area (Å²) >= 11 is 3.37. The molecule has 2 rings (SSSR count). The Morgan fingerprint density at radius 2 is 2.00 bits per heavy atom. The number of ether oxygens (including phenoxy) is 1. The van der Waals surface area contributed by atoms with Gasteiger partial charge in [0.15, 0.2) is 0 Å². The van der Waals surface area contributed by atoms with Crippen LogP contribution >= 0.6 is 15.9 Å². The summed E-state index contributed by atoms with van der Waals surface area (Å²) in [5.41, 5.74) is -1.28. The van der Waals surface area contributed by atoms with Gasteiger partial charge in [0.2, 0.25) is 0 Å². The summed E-state index contributed by atoms with van der Waals surface area (Å²) in [4.78, 5) is 12.2. The van der Waals surface area contributed by atoms with Crippen molar-refractivity contribution in [3.05, 3.63) is 35.4 Å². The van der Waals surface area contributed by atoms with E-state index in [1.807, 2.05) is 0 Å². The molecule has 1 aromatic rings. The third kappa shape index (κ3) is 3.97. The van der Waals surface area contributed by atoms with Gasteiger partial charge >= 0.3 is 6.18 Å². The van der Waals surface area contributed by atoms with E-state index in [4.69, 9.17) is 4.74 Å². The number of rotatable bonds is 3. The zero-order chi connectivity index (χ0) is 15.5. The third-order valence-electron chi connectivity index (χ3n) is 3.54. The molecule has 1 fully saturated rings. The largest absolute Gasteiger partial charge is 0.416 e. The van der Waals surface area contributed by atoms with Crippen LogP contribution in [-0.4, -0.2) is 30.0 Å². The van der Waals surface area contributed by atoms with Crippen molar-refractivity contribution in [3.63, 3.8) is 0 Å². The number of hydrogen-bond donors (Lipinski definition) is 1. The molecule has 7 heteroatoms. The van der Waals surface area contributed by atoms with Crippen molar-refractivity contribution >= 4 is 21.8 Å². The van der Waals surface area contributed by atoms with Gasteiger partial charge in [-0.05, 0) is 31.0 Å². The minimum absolute atomic E-state index is 0.0108. The molecular weight excluding hydrogens is 351 g/mol. The Kier molecular flexibility index (Phi) is 4.93. The van der Waals surface area contributed by atoms with Crippen LogP contribution in [0, 0.1) is 0 Å². The fraction of sp³-hybridized carbons (Fsp3) is 0.500. The smallest absolute Gasteiger partial charge is 0.381 e. The number of amides is 1. The predicted octanol–water partition coefficient (Wildman–Crippen LogP) is 3.38. The molecule has 0 aliphatic carbocycles. The second kappa shape index (κ2) is 6.36. The van der Waals surface area contributed by atoms with Gasteiger partial charge in [-0.25, -0.2) is 0 Å². The molecule has 116 valence electrons. The Balaban J connectivity index is 2.16. The van der Waals surface area contributed by atoms with Gasteiger partial charge in [-0.1, -0.05) is 22.0 Å². The Morgan fingerprint density at radius 1 is 1.33 bits per heavy atom. The van der Waals surface area contributed by atoms with E-state index in [1.54, 1.807) is 0 Å². The maximum Gasteiger partial charge on any atom is 0.416 e. The minimum atomic E-state index is -4.46. The van der Waals surface area contributed by atoms with Crippen molar-refractivity contribution in [3.8, 4) is 0 Å². The standard InChI is InChI=1S/C14H15BrF3NO2/c15-9-13(4-6-21-7-5-13)19-12(20)10-2-1-3-11(8-10)14(16,17)18/h1-3,8H,4-7,9H2,(H,19,20). The quantitative estimate of drug-likeness (QED) is 0.833. The summed E-state index contributed by atoms with van der Waals surface area (Å²) in [5, 5.41) is 3.38. The zero-order valence-corrected chi connectivity index (χ0v) is 12.8. The summed E-state index contributed by atoms with van der Waals surface area (Å²) in [5.74, 6) is -0.498. The molecule has 1 amide bonds. The highest BCUT2D eigenvalue weighted by Gasteiger charge is 2.34. The van der Waals surface area contributed by atoms with E-state index < -0.39 is 23.2 Å². The van der Waals surface area contributed by atoms with Crippen molar-refractivity contribution in [2.75, 3.05) is 18.5 Å². The van der Waals surface area contributed by atoms with E-state index in [1.165, 1.54) is 12.1 Å². The zero-order valence-electron chi connectivity index (χ0n) is 11.2. The predicted molar refractivity (Wildman–Crippen MR) is 75.5 cm³/mol.